The van der Waals surface area contributed by atoms with Gasteiger partial charge in [-0.15, -0.1) is 0 Å². The summed E-state index contributed by atoms with van der Waals surface area (Å²) < 4.78 is 10.2. The Morgan fingerprint density at radius 1 is 1.40 bits per heavy atom. The fraction of sp³-hybridized carbons (Fsp3) is 0.571. The van der Waals surface area contributed by atoms with Crippen molar-refractivity contribution in [1.29, 1.82) is 0 Å². The molecule has 6 heteroatoms. The molecule has 0 saturated carbocycles. The average molecular weight is 282 g/mol. The van der Waals surface area contributed by atoms with E-state index in [1.165, 1.54) is 6.26 Å². The Morgan fingerprint density at radius 3 is 2.55 bits per heavy atom. The first-order valence-electron chi connectivity index (χ1n) is 6.51. The van der Waals surface area contributed by atoms with Crippen molar-refractivity contribution in [3.8, 4) is 0 Å². The molecule has 1 aromatic rings. The number of aryl methyl sites for hydroxylation is 1. The molecule has 2 N–H and O–H groups in total. The van der Waals surface area contributed by atoms with E-state index in [0.717, 1.165) is 0 Å². The summed E-state index contributed by atoms with van der Waals surface area (Å²) in [6.07, 6.45) is 0.964. The number of alkyl carbamates (subject to hydrolysis) is 1. The Labute approximate surface area is 118 Å². The van der Waals surface area contributed by atoms with Crippen LogP contribution >= 0.6 is 0 Å². The molecule has 2 amide bonds. The fourth-order valence-corrected chi connectivity index (χ4v) is 1.52. The van der Waals surface area contributed by atoms with Crippen molar-refractivity contribution < 1.29 is 18.7 Å². The molecule has 1 atom stereocenters. The molecule has 0 aliphatic heterocycles. The molecule has 0 spiro atoms. The van der Waals surface area contributed by atoms with E-state index < -0.39 is 11.7 Å². The van der Waals surface area contributed by atoms with E-state index in [-0.39, 0.29) is 11.9 Å². The highest BCUT2D eigenvalue weighted by Gasteiger charge is 2.18. The Bertz CT molecular complexity index is 474. The highest BCUT2D eigenvalue weighted by atomic mass is 16.6. The van der Waals surface area contributed by atoms with Crippen LogP contribution in [0, 0.1) is 6.92 Å². The standard InChI is InChI=1S/C14H22N2O4/c1-9(16-13(18)20-14(3,4)5)8-15-12(17)11-6-7-19-10(11)2/h6-7,9H,8H2,1-5H3,(H,15,17)(H,16,18)/t9-/m0/s1. The maximum atomic E-state index is 11.8. The summed E-state index contributed by atoms with van der Waals surface area (Å²) in [6.45, 7) is 9.19. The van der Waals surface area contributed by atoms with E-state index in [2.05, 4.69) is 10.6 Å². The first-order chi connectivity index (χ1) is 9.19. The lowest BCUT2D eigenvalue weighted by Gasteiger charge is -2.22. The first kappa shape index (κ1) is 16.1. The zero-order valence-corrected chi connectivity index (χ0v) is 12.6. The predicted molar refractivity (Wildman–Crippen MR) is 74.6 cm³/mol. The van der Waals surface area contributed by atoms with Crippen LogP contribution in [0.15, 0.2) is 16.7 Å². The second-order valence-electron chi connectivity index (χ2n) is 5.65. The lowest BCUT2D eigenvalue weighted by Crippen LogP contribution is -2.43. The summed E-state index contributed by atoms with van der Waals surface area (Å²) in [4.78, 5) is 23.4. The molecule has 0 aromatic carbocycles. The normalized spacial score (nSPS) is 12.7. The van der Waals surface area contributed by atoms with Crippen molar-refractivity contribution >= 4 is 12.0 Å². The zero-order chi connectivity index (χ0) is 15.3. The van der Waals surface area contributed by atoms with Gasteiger partial charge in [0, 0.05) is 12.6 Å². The van der Waals surface area contributed by atoms with Gasteiger partial charge in [0.25, 0.3) is 5.91 Å². The lowest BCUT2D eigenvalue weighted by molar-refractivity contribution is 0.0506. The van der Waals surface area contributed by atoms with Crippen molar-refractivity contribution in [2.45, 2.75) is 46.3 Å². The highest BCUT2D eigenvalue weighted by molar-refractivity contribution is 5.95. The Balaban J connectivity index is 2.37. The molecule has 112 valence electrons. The quantitative estimate of drug-likeness (QED) is 0.887. The molecule has 20 heavy (non-hydrogen) atoms. The number of carbonyl (C=O) groups excluding carboxylic acids is 2. The molecule has 0 radical (unpaired) electrons. The molecular formula is C14H22N2O4. The Hall–Kier alpha value is -1.98. The van der Waals surface area contributed by atoms with Crippen molar-refractivity contribution in [2.24, 2.45) is 0 Å². The van der Waals surface area contributed by atoms with Gasteiger partial charge in [-0.25, -0.2) is 4.79 Å². The molecular weight excluding hydrogens is 260 g/mol. The Kier molecular flexibility index (Phi) is 5.19. The third kappa shape index (κ3) is 5.34. The minimum absolute atomic E-state index is 0.228. The average Bonchev–Trinajstić information content (AvgIpc) is 2.69. The van der Waals surface area contributed by atoms with E-state index in [1.54, 1.807) is 40.7 Å². The van der Waals surface area contributed by atoms with Crippen molar-refractivity contribution in [3.05, 3.63) is 23.7 Å². The number of furan rings is 1. The van der Waals surface area contributed by atoms with Gasteiger partial charge in [0.05, 0.1) is 11.8 Å². The summed E-state index contributed by atoms with van der Waals surface area (Å²) >= 11 is 0. The zero-order valence-electron chi connectivity index (χ0n) is 12.6. The molecule has 1 heterocycles. The number of hydrogen-bond acceptors (Lipinski definition) is 4. The molecule has 1 rings (SSSR count). The number of amides is 2. The lowest BCUT2D eigenvalue weighted by atomic mass is 10.2. The largest absolute Gasteiger partial charge is 0.469 e. The van der Waals surface area contributed by atoms with Gasteiger partial charge in [0.2, 0.25) is 0 Å². The second-order valence-corrected chi connectivity index (χ2v) is 5.65. The van der Waals surface area contributed by atoms with E-state index in [4.69, 9.17) is 9.15 Å². The Morgan fingerprint density at radius 2 is 2.05 bits per heavy atom. The molecule has 0 unspecified atom stereocenters. The van der Waals surface area contributed by atoms with Crippen LogP contribution in [0.1, 0.15) is 43.8 Å². The summed E-state index contributed by atoms with van der Waals surface area (Å²) in [7, 11) is 0. The van der Waals surface area contributed by atoms with Gasteiger partial charge >= 0.3 is 6.09 Å². The minimum atomic E-state index is -0.541. The number of hydrogen-bond donors (Lipinski definition) is 2. The van der Waals surface area contributed by atoms with Crippen LogP contribution in [-0.4, -0.2) is 30.2 Å². The van der Waals surface area contributed by atoms with Gasteiger partial charge < -0.3 is 19.8 Å². The van der Waals surface area contributed by atoms with Gasteiger partial charge in [0.1, 0.15) is 11.4 Å². The second kappa shape index (κ2) is 6.45. The molecule has 1 aromatic heterocycles. The SMILES string of the molecule is Cc1occc1C(=O)NC[C@H](C)NC(=O)OC(C)(C)C. The predicted octanol–water partition coefficient (Wildman–Crippen LogP) is 2.23. The van der Waals surface area contributed by atoms with Crippen LogP contribution in [0.25, 0.3) is 0 Å². The van der Waals surface area contributed by atoms with Crippen molar-refractivity contribution in [1.82, 2.24) is 10.6 Å². The number of ether oxygens (including phenoxy) is 1. The number of nitrogens with one attached hydrogen (secondary N) is 2. The van der Waals surface area contributed by atoms with Gasteiger partial charge in [-0.2, -0.15) is 0 Å². The fourth-order valence-electron chi connectivity index (χ4n) is 1.52. The van der Waals surface area contributed by atoms with Gasteiger partial charge in [-0.05, 0) is 40.7 Å². The highest BCUT2D eigenvalue weighted by Crippen LogP contribution is 2.08. The third-order valence-corrected chi connectivity index (χ3v) is 2.44. The molecule has 0 aliphatic carbocycles. The van der Waals surface area contributed by atoms with Crippen molar-refractivity contribution in [2.75, 3.05) is 6.54 Å². The smallest absolute Gasteiger partial charge is 0.407 e. The van der Waals surface area contributed by atoms with Gasteiger partial charge in [0.15, 0.2) is 0 Å². The maximum Gasteiger partial charge on any atom is 0.407 e. The summed E-state index contributed by atoms with van der Waals surface area (Å²) in [5, 5.41) is 5.38. The van der Waals surface area contributed by atoms with Crippen LogP contribution in [0.4, 0.5) is 4.79 Å². The summed E-state index contributed by atoms with van der Waals surface area (Å²) in [6, 6.07) is 1.37. The van der Waals surface area contributed by atoms with Crippen LogP contribution in [0.5, 0.6) is 0 Å². The van der Waals surface area contributed by atoms with Gasteiger partial charge in [-0.1, -0.05) is 0 Å². The third-order valence-electron chi connectivity index (χ3n) is 2.44. The van der Waals surface area contributed by atoms with Crippen LogP contribution in [0.2, 0.25) is 0 Å². The number of rotatable bonds is 4. The monoisotopic (exact) mass is 282 g/mol. The van der Waals surface area contributed by atoms with Crippen LogP contribution in [-0.2, 0) is 4.74 Å². The molecule has 0 aliphatic rings. The van der Waals surface area contributed by atoms with E-state index >= 15 is 0 Å². The summed E-state index contributed by atoms with van der Waals surface area (Å²) in [5.41, 5.74) is -0.0458. The topological polar surface area (TPSA) is 80.6 Å². The van der Waals surface area contributed by atoms with Crippen LogP contribution < -0.4 is 10.6 Å². The first-order valence-corrected chi connectivity index (χ1v) is 6.51. The van der Waals surface area contributed by atoms with E-state index in [1.807, 2.05) is 0 Å². The van der Waals surface area contributed by atoms with Crippen LogP contribution in [0.3, 0.4) is 0 Å². The molecule has 6 nitrogen and oxygen atoms in total. The maximum absolute atomic E-state index is 11.8. The summed E-state index contributed by atoms with van der Waals surface area (Å²) in [5.74, 6) is 0.337. The molecule has 0 bridgehead atoms. The number of carbonyl (C=O) groups is 2. The van der Waals surface area contributed by atoms with E-state index in [0.29, 0.717) is 17.9 Å². The molecule has 0 fully saturated rings. The van der Waals surface area contributed by atoms with Gasteiger partial charge in [-0.3, -0.25) is 4.79 Å². The molecule has 0 saturated heterocycles. The minimum Gasteiger partial charge on any atom is -0.469 e. The van der Waals surface area contributed by atoms with Crippen molar-refractivity contribution in [3.63, 3.8) is 0 Å². The van der Waals surface area contributed by atoms with E-state index in [9.17, 15) is 9.59 Å².